The van der Waals surface area contributed by atoms with E-state index in [1.807, 2.05) is 12.1 Å². The predicted octanol–water partition coefficient (Wildman–Crippen LogP) is 3.03. The highest BCUT2D eigenvalue weighted by atomic mass is 19.1. The van der Waals surface area contributed by atoms with Gasteiger partial charge in [-0.3, -0.25) is 4.90 Å². The van der Waals surface area contributed by atoms with Gasteiger partial charge in [0.05, 0.1) is 5.69 Å². The van der Waals surface area contributed by atoms with Crippen molar-refractivity contribution >= 4 is 5.69 Å². The summed E-state index contributed by atoms with van der Waals surface area (Å²) in [7, 11) is 0. The van der Waals surface area contributed by atoms with E-state index in [2.05, 4.69) is 18.7 Å². The molecule has 2 unspecified atom stereocenters. The van der Waals surface area contributed by atoms with Crippen LogP contribution in [0.15, 0.2) is 18.2 Å². The summed E-state index contributed by atoms with van der Waals surface area (Å²) in [6.45, 7) is 6.22. The second kappa shape index (κ2) is 5.05. The maximum absolute atomic E-state index is 13.8. The lowest BCUT2D eigenvalue weighted by atomic mass is 9.91. The Hall–Kier alpha value is -1.09. The molecule has 94 valence electrons. The standard InChI is InChI=1S/C14H21FN2/c1-10-5-4-8-17(11(10)2)9-12-6-3-7-13(16)14(12)15/h3,6-7,10-11H,4-5,8-9,16H2,1-2H3. The lowest BCUT2D eigenvalue weighted by Gasteiger charge is -2.38. The summed E-state index contributed by atoms with van der Waals surface area (Å²) in [4.78, 5) is 2.35. The Bertz CT molecular complexity index is 392. The predicted molar refractivity (Wildman–Crippen MR) is 69.1 cm³/mol. The number of piperidine rings is 1. The van der Waals surface area contributed by atoms with Gasteiger partial charge in [-0.25, -0.2) is 4.39 Å². The van der Waals surface area contributed by atoms with Gasteiger partial charge in [0, 0.05) is 18.2 Å². The number of nitrogens with zero attached hydrogens (tertiary/aromatic N) is 1. The molecule has 2 N–H and O–H groups in total. The summed E-state index contributed by atoms with van der Waals surface area (Å²) in [5.74, 6) is 0.436. The van der Waals surface area contributed by atoms with Gasteiger partial charge >= 0.3 is 0 Å². The van der Waals surface area contributed by atoms with Crippen molar-refractivity contribution in [1.29, 1.82) is 0 Å². The quantitative estimate of drug-likeness (QED) is 0.800. The van der Waals surface area contributed by atoms with Crippen molar-refractivity contribution in [2.75, 3.05) is 12.3 Å². The Morgan fingerprint density at radius 2 is 2.18 bits per heavy atom. The number of halogens is 1. The number of benzene rings is 1. The lowest BCUT2D eigenvalue weighted by Crippen LogP contribution is -2.41. The maximum atomic E-state index is 13.8. The van der Waals surface area contributed by atoms with Gasteiger partial charge in [-0.2, -0.15) is 0 Å². The molecule has 1 aliphatic heterocycles. The lowest BCUT2D eigenvalue weighted by molar-refractivity contribution is 0.105. The molecule has 0 saturated carbocycles. The normalized spacial score (nSPS) is 26.1. The Morgan fingerprint density at radius 3 is 2.94 bits per heavy atom. The number of nitrogens with two attached hydrogens (primary N) is 1. The third-order valence-corrected chi connectivity index (χ3v) is 3.99. The topological polar surface area (TPSA) is 29.3 Å². The maximum Gasteiger partial charge on any atom is 0.150 e. The zero-order chi connectivity index (χ0) is 12.4. The van der Waals surface area contributed by atoms with Crippen LogP contribution >= 0.6 is 0 Å². The Kier molecular flexibility index (Phi) is 3.67. The highest BCUT2D eigenvalue weighted by Crippen LogP contribution is 2.25. The average Bonchev–Trinajstić information content (AvgIpc) is 2.31. The molecule has 2 atom stereocenters. The van der Waals surface area contributed by atoms with Gasteiger partial charge in [-0.15, -0.1) is 0 Å². The van der Waals surface area contributed by atoms with Gasteiger partial charge in [-0.05, 0) is 38.3 Å². The second-order valence-corrected chi connectivity index (χ2v) is 5.15. The van der Waals surface area contributed by atoms with E-state index >= 15 is 0 Å². The first kappa shape index (κ1) is 12.4. The molecule has 1 aromatic carbocycles. The largest absolute Gasteiger partial charge is 0.396 e. The van der Waals surface area contributed by atoms with E-state index in [0.29, 0.717) is 24.1 Å². The van der Waals surface area contributed by atoms with Gasteiger partial charge in [0.25, 0.3) is 0 Å². The Labute approximate surface area is 103 Å². The zero-order valence-electron chi connectivity index (χ0n) is 10.6. The first-order chi connectivity index (χ1) is 8.09. The smallest absolute Gasteiger partial charge is 0.150 e. The van der Waals surface area contributed by atoms with Crippen molar-refractivity contribution < 1.29 is 4.39 Å². The van der Waals surface area contributed by atoms with E-state index in [1.54, 1.807) is 6.07 Å². The Balaban J connectivity index is 2.12. The van der Waals surface area contributed by atoms with Crippen molar-refractivity contribution in [3.05, 3.63) is 29.6 Å². The summed E-state index contributed by atoms with van der Waals surface area (Å²) >= 11 is 0. The number of hydrogen-bond acceptors (Lipinski definition) is 2. The fourth-order valence-electron chi connectivity index (χ4n) is 2.58. The zero-order valence-corrected chi connectivity index (χ0v) is 10.6. The monoisotopic (exact) mass is 236 g/mol. The SMILES string of the molecule is CC1CCCN(Cc2cccc(N)c2F)C1C. The van der Waals surface area contributed by atoms with Crippen molar-refractivity contribution in [2.45, 2.75) is 39.3 Å². The third-order valence-electron chi connectivity index (χ3n) is 3.99. The molecular formula is C14H21FN2. The Morgan fingerprint density at radius 1 is 1.41 bits per heavy atom. The van der Waals surface area contributed by atoms with E-state index in [0.717, 1.165) is 6.54 Å². The minimum absolute atomic E-state index is 0.250. The number of likely N-dealkylation sites (tertiary alicyclic amines) is 1. The summed E-state index contributed by atoms with van der Waals surface area (Å²) in [5.41, 5.74) is 6.56. The van der Waals surface area contributed by atoms with E-state index < -0.39 is 0 Å². The molecular weight excluding hydrogens is 215 g/mol. The minimum atomic E-state index is -0.252. The molecule has 0 bridgehead atoms. The van der Waals surface area contributed by atoms with Gasteiger partial charge in [0.1, 0.15) is 0 Å². The molecule has 0 amide bonds. The van der Waals surface area contributed by atoms with E-state index in [-0.39, 0.29) is 11.5 Å². The highest BCUT2D eigenvalue weighted by Gasteiger charge is 2.25. The first-order valence-corrected chi connectivity index (χ1v) is 6.36. The van der Waals surface area contributed by atoms with Crippen molar-refractivity contribution in [1.82, 2.24) is 4.90 Å². The van der Waals surface area contributed by atoms with E-state index in [4.69, 9.17) is 5.73 Å². The average molecular weight is 236 g/mol. The van der Waals surface area contributed by atoms with Crippen LogP contribution in [0.1, 0.15) is 32.3 Å². The van der Waals surface area contributed by atoms with Crippen molar-refractivity contribution in [2.24, 2.45) is 5.92 Å². The van der Waals surface area contributed by atoms with Crippen LogP contribution in [-0.2, 0) is 6.54 Å². The molecule has 0 aliphatic carbocycles. The van der Waals surface area contributed by atoms with Crippen LogP contribution in [0.5, 0.6) is 0 Å². The fourth-order valence-corrected chi connectivity index (χ4v) is 2.58. The molecule has 1 heterocycles. The van der Waals surface area contributed by atoms with Crippen LogP contribution < -0.4 is 5.73 Å². The van der Waals surface area contributed by atoms with E-state index in [9.17, 15) is 4.39 Å². The van der Waals surface area contributed by atoms with E-state index in [1.165, 1.54) is 12.8 Å². The summed E-state index contributed by atoms with van der Waals surface area (Å²) in [6, 6.07) is 5.79. The number of nitrogen functional groups attached to an aromatic ring is 1. The van der Waals surface area contributed by atoms with Gasteiger partial charge < -0.3 is 5.73 Å². The van der Waals surface area contributed by atoms with Crippen LogP contribution in [0.25, 0.3) is 0 Å². The third kappa shape index (κ3) is 2.60. The number of hydrogen-bond donors (Lipinski definition) is 1. The molecule has 1 aromatic rings. The summed E-state index contributed by atoms with van der Waals surface area (Å²) in [5, 5.41) is 0. The van der Waals surface area contributed by atoms with Crippen LogP contribution in [-0.4, -0.2) is 17.5 Å². The van der Waals surface area contributed by atoms with Crippen LogP contribution in [0.2, 0.25) is 0 Å². The van der Waals surface area contributed by atoms with Crippen molar-refractivity contribution in [3.8, 4) is 0 Å². The molecule has 0 aromatic heterocycles. The molecule has 17 heavy (non-hydrogen) atoms. The minimum Gasteiger partial charge on any atom is -0.396 e. The second-order valence-electron chi connectivity index (χ2n) is 5.15. The van der Waals surface area contributed by atoms with Crippen LogP contribution in [0, 0.1) is 11.7 Å². The number of rotatable bonds is 2. The van der Waals surface area contributed by atoms with Crippen LogP contribution in [0.3, 0.4) is 0 Å². The van der Waals surface area contributed by atoms with Gasteiger partial charge in [0.15, 0.2) is 5.82 Å². The molecule has 0 radical (unpaired) electrons. The van der Waals surface area contributed by atoms with Gasteiger partial charge in [0.2, 0.25) is 0 Å². The first-order valence-electron chi connectivity index (χ1n) is 6.36. The summed E-state index contributed by atoms with van der Waals surface area (Å²) in [6.07, 6.45) is 2.48. The fraction of sp³-hybridized carbons (Fsp3) is 0.571. The van der Waals surface area contributed by atoms with Crippen LogP contribution in [0.4, 0.5) is 10.1 Å². The summed E-state index contributed by atoms with van der Waals surface area (Å²) < 4.78 is 13.8. The van der Waals surface area contributed by atoms with Gasteiger partial charge in [-0.1, -0.05) is 19.1 Å². The molecule has 0 spiro atoms. The highest BCUT2D eigenvalue weighted by molar-refractivity contribution is 5.42. The molecule has 2 nitrogen and oxygen atoms in total. The number of anilines is 1. The molecule has 2 rings (SSSR count). The molecule has 1 fully saturated rings. The molecule has 1 saturated heterocycles. The molecule has 1 aliphatic rings. The molecule has 3 heteroatoms. The van der Waals surface area contributed by atoms with Crippen molar-refractivity contribution in [3.63, 3.8) is 0 Å².